The van der Waals surface area contributed by atoms with Crippen molar-refractivity contribution in [2.75, 3.05) is 19.6 Å². The zero-order valence-corrected chi connectivity index (χ0v) is 16.6. The molecule has 2 aromatic rings. The Morgan fingerprint density at radius 2 is 2.00 bits per heavy atom. The molecule has 1 aromatic heterocycles. The normalized spacial score (nSPS) is 23.6. The highest BCUT2D eigenvalue weighted by molar-refractivity contribution is 5.29. The molecule has 28 heavy (non-hydrogen) atoms. The SMILES string of the molecule is c1cc(CN2CCn3c(nnc3[C@H]3CCCNC3)C2)cc(OC2CCCC2)c1. The molecule has 6 nitrogen and oxygen atoms in total. The molecule has 1 aliphatic carbocycles. The summed E-state index contributed by atoms with van der Waals surface area (Å²) in [5, 5.41) is 12.6. The molecule has 0 radical (unpaired) electrons. The number of aromatic nitrogens is 3. The minimum absolute atomic E-state index is 0.413. The minimum atomic E-state index is 0.413. The van der Waals surface area contributed by atoms with Gasteiger partial charge in [0, 0.05) is 32.1 Å². The van der Waals surface area contributed by atoms with Crippen LogP contribution in [-0.2, 0) is 19.6 Å². The molecule has 0 unspecified atom stereocenters. The molecule has 3 heterocycles. The quantitative estimate of drug-likeness (QED) is 0.863. The second-order valence-corrected chi connectivity index (χ2v) is 8.55. The van der Waals surface area contributed by atoms with Gasteiger partial charge in [-0.15, -0.1) is 10.2 Å². The third-order valence-electron chi connectivity index (χ3n) is 6.43. The lowest BCUT2D eigenvalue weighted by Gasteiger charge is -2.29. The van der Waals surface area contributed by atoms with Gasteiger partial charge in [0.25, 0.3) is 0 Å². The summed E-state index contributed by atoms with van der Waals surface area (Å²) in [7, 11) is 0. The van der Waals surface area contributed by atoms with Crippen LogP contribution in [0.2, 0.25) is 0 Å². The predicted molar refractivity (Wildman–Crippen MR) is 108 cm³/mol. The summed E-state index contributed by atoms with van der Waals surface area (Å²) in [6.07, 6.45) is 7.88. The van der Waals surface area contributed by atoms with Crippen LogP contribution in [0.5, 0.6) is 5.75 Å². The van der Waals surface area contributed by atoms with E-state index in [1.165, 1.54) is 49.9 Å². The van der Waals surface area contributed by atoms with Gasteiger partial charge in [-0.2, -0.15) is 0 Å². The average Bonchev–Trinajstić information content (AvgIpc) is 3.38. The summed E-state index contributed by atoms with van der Waals surface area (Å²) in [5.74, 6) is 3.85. The summed E-state index contributed by atoms with van der Waals surface area (Å²) < 4.78 is 8.55. The second kappa shape index (κ2) is 8.21. The Hall–Kier alpha value is -1.92. The fourth-order valence-corrected chi connectivity index (χ4v) is 4.91. The van der Waals surface area contributed by atoms with Gasteiger partial charge in [0.05, 0.1) is 12.6 Å². The van der Waals surface area contributed by atoms with Crippen LogP contribution < -0.4 is 10.1 Å². The van der Waals surface area contributed by atoms with Crippen LogP contribution in [-0.4, -0.2) is 45.4 Å². The third-order valence-corrected chi connectivity index (χ3v) is 6.43. The zero-order chi connectivity index (χ0) is 18.8. The highest BCUT2D eigenvalue weighted by atomic mass is 16.5. The van der Waals surface area contributed by atoms with Crippen molar-refractivity contribution in [1.29, 1.82) is 0 Å². The number of benzene rings is 1. The first-order chi connectivity index (χ1) is 13.8. The maximum atomic E-state index is 6.18. The first-order valence-corrected chi connectivity index (χ1v) is 11.0. The van der Waals surface area contributed by atoms with E-state index in [-0.39, 0.29) is 0 Å². The average molecular weight is 382 g/mol. The minimum Gasteiger partial charge on any atom is -0.490 e. The number of fused-ring (bicyclic) bond motifs is 1. The van der Waals surface area contributed by atoms with Crippen LogP contribution in [0.4, 0.5) is 0 Å². The number of rotatable bonds is 5. The number of nitrogens with zero attached hydrogens (tertiary/aromatic N) is 4. The molecule has 1 N–H and O–H groups in total. The first kappa shape index (κ1) is 18.1. The number of ether oxygens (including phenoxy) is 1. The number of hydrogen-bond donors (Lipinski definition) is 1. The molecule has 5 rings (SSSR count). The van der Waals surface area contributed by atoms with E-state index in [1.807, 2.05) is 0 Å². The van der Waals surface area contributed by atoms with Gasteiger partial charge in [0.2, 0.25) is 0 Å². The van der Waals surface area contributed by atoms with E-state index in [0.29, 0.717) is 12.0 Å². The molecular weight excluding hydrogens is 350 g/mol. The molecule has 2 fully saturated rings. The van der Waals surface area contributed by atoms with E-state index in [4.69, 9.17) is 4.74 Å². The second-order valence-electron chi connectivity index (χ2n) is 8.55. The van der Waals surface area contributed by atoms with E-state index < -0.39 is 0 Å². The molecule has 1 aromatic carbocycles. The zero-order valence-electron chi connectivity index (χ0n) is 16.6. The molecule has 6 heteroatoms. The lowest BCUT2D eigenvalue weighted by molar-refractivity contribution is 0.201. The van der Waals surface area contributed by atoms with Crippen molar-refractivity contribution in [3.05, 3.63) is 41.5 Å². The predicted octanol–water partition coefficient (Wildman–Crippen LogP) is 3.08. The van der Waals surface area contributed by atoms with Gasteiger partial charge >= 0.3 is 0 Å². The van der Waals surface area contributed by atoms with Crippen molar-refractivity contribution in [2.24, 2.45) is 0 Å². The summed E-state index contributed by atoms with van der Waals surface area (Å²) in [4.78, 5) is 2.47. The largest absolute Gasteiger partial charge is 0.490 e. The van der Waals surface area contributed by atoms with Crippen molar-refractivity contribution in [1.82, 2.24) is 25.0 Å². The van der Waals surface area contributed by atoms with Gasteiger partial charge in [0.15, 0.2) is 0 Å². The summed E-state index contributed by atoms with van der Waals surface area (Å²) in [5.41, 5.74) is 1.32. The van der Waals surface area contributed by atoms with Crippen LogP contribution in [0.25, 0.3) is 0 Å². The van der Waals surface area contributed by atoms with Gasteiger partial charge in [0.1, 0.15) is 17.4 Å². The van der Waals surface area contributed by atoms with Crippen LogP contribution in [0.3, 0.4) is 0 Å². The lowest BCUT2D eigenvalue weighted by atomic mass is 9.99. The Morgan fingerprint density at radius 3 is 2.86 bits per heavy atom. The first-order valence-electron chi connectivity index (χ1n) is 11.0. The smallest absolute Gasteiger partial charge is 0.147 e. The standard InChI is InChI=1S/C22H31N5O/c1-2-8-19(7-1)28-20-9-3-5-17(13-20)15-26-11-12-27-21(16-26)24-25-22(27)18-6-4-10-23-14-18/h3,5,9,13,18-19,23H,1-2,4,6-8,10-12,14-16H2/t18-/m0/s1. The highest BCUT2D eigenvalue weighted by Crippen LogP contribution is 2.27. The molecule has 150 valence electrons. The maximum absolute atomic E-state index is 6.18. The Labute approximate surface area is 167 Å². The molecular formula is C22H31N5O. The van der Waals surface area contributed by atoms with Crippen LogP contribution in [0.1, 0.15) is 61.7 Å². The van der Waals surface area contributed by atoms with E-state index in [1.54, 1.807) is 0 Å². The molecule has 2 aliphatic heterocycles. The summed E-state index contributed by atoms with van der Waals surface area (Å²) in [6, 6.07) is 8.65. The van der Waals surface area contributed by atoms with Crippen molar-refractivity contribution in [3.8, 4) is 5.75 Å². The number of hydrogen-bond acceptors (Lipinski definition) is 5. The summed E-state index contributed by atoms with van der Waals surface area (Å²) >= 11 is 0. The Kier molecular flexibility index (Phi) is 5.32. The topological polar surface area (TPSA) is 55.2 Å². The van der Waals surface area contributed by atoms with Crippen LogP contribution in [0, 0.1) is 0 Å². The Bertz CT molecular complexity index is 792. The Morgan fingerprint density at radius 1 is 1.07 bits per heavy atom. The molecule has 1 saturated carbocycles. The van der Waals surface area contributed by atoms with E-state index >= 15 is 0 Å². The molecule has 3 aliphatic rings. The van der Waals surface area contributed by atoms with Crippen molar-refractivity contribution in [2.45, 2.75) is 70.2 Å². The van der Waals surface area contributed by atoms with Gasteiger partial charge in [-0.1, -0.05) is 12.1 Å². The fraction of sp³-hybridized carbons (Fsp3) is 0.636. The number of nitrogens with one attached hydrogen (secondary N) is 1. The van der Waals surface area contributed by atoms with Gasteiger partial charge in [-0.3, -0.25) is 4.90 Å². The molecule has 0 amide bonds. The van der Waals surface area contributed by atoms with Crippen molar-refractivity contribution < 1.29 is 4.74 Å². The van der Waals surface area contributed by atoms with E-state index in [9.17, 15) is 0 Å². The van der Waals surface area contributed by atoms with Crippen molar-refractivity contribution in [3.63, 3.8) is 0 Å². The van der Waals surface area contributed by atoms with Gasteiger partial charge < -0.3 is 14.6 Å². The maximum Gasteiger partial charge on any atom is 0.147 e. The molecule has 1 saturated heterocycles. The monoisotopic (exact) mass is 381 g/mol. The summed E-state index contributed by atoms with van der Waals surface area (Å²) in [6.45, 7) is 6.03. The number of piperidine rings is 1. The third kappa shape index (κ3) is 3.94. The van der Waals surface area contributed by atoms with E-state index in [2.05, 4.69) is 49.2 Å². The van der Waals surface area contributed by atoms with Crippen LogP contribution >= 0.6 is 0 Å². The van der Waals surface area contributed by atoms with Gasteiger partial charge in [-0.05, 0) is 62.8 Å². The Balaban J connectivity index is 1.23. The lowest BCUT2D eigenvalue weighted by Crippen LogP contribution is -2.35. The van der Waals surface area contributed by atoms with Crippen LogP contribution in [0.15, 0.2) is 24.3 Å². The highest BCUT2D eigenvalue weighted by Gasteiger charge is 2.26. The fourth-order valence-electron chi connectivity index (χ4n) is 4.91. The molecule has 1 atom stereocenters. The molecule has 0 spiro atoms. The van der Waals surface area contributed by atoms with Gasteiger partial charge in [-0.25, -0.2) is 0 Å². The van der Waals surface area contributed by atoms with E-state index in [0.717, 1.165) is 50.8 Å². The molecule has 0 bridgehead atoms. The van der Waals surface area contributed by atoms with Crippen molar-refractivity contribution >= 4 is 0 Å².